The molecule has 0 fully saturated rings. The third-order valence-corrected chi connectivity index (χ3v) is 4.71. The fraction of sp³-hybridized carbons (Fsp3) is 0.455. The van der Waals surface area contributed by atoms with E-state index in [0.717, 1.165) is 24.1 Å². The summed E-state index contributed by atoms with van der Waals surface area (Å²) in [5, 5.41) is 3.35. The number of hydrogen-bond acceptors (Lipinski definition) is 2. The molecule has 0 aliphatic carbocycles. The fourth-order valence-electron chi connectivity index (χ4n) is 3.31. The van der Waals surface area contributed by atoms with Crippen molar-refractivity contribution >= 4 is 0 Å². The lowest BCUT2D eigenvalue weighted by atomic mass is 9.91. The van der Waals surface area contributed by atoms with Crippen molar-refractivity contribution < 1.29 is 17.9 Å². The monoisotopic (exact) mass is 379 g/mol. The van der Waals surface area contributed by atoms with E-state index in [-0.39, 0.29) is 24.8 Å². The summed E-state index contributed by atoms with van der Waals surface area (Å²) in [6.07, 6.45) is 1.32. The Balaban J connectivity index is 2.03. The van der Waals surface area contributed by atoms with Gasteiger partial charge in [0.05, 0.1) is 19.9 Å². The highest BCUT2D eigenvalue weighted by Gasteiger charge is 2.17. The Bertz CT molecular complexity index is 680. The average molecular weight is 379 g/mol. The van der Waals surface area contributed by atoms with E-state index in [1.807, 2.05) is 6.07 Å². The minimum absolute atomic E-state index is 0.0475. The highest BCUT2D eigenvalue weighted by Crippen LogP contribution is 2.24. The van der Waals surface area contributed by atoms with Crippen LogP contribution in [0.4, 0.5) is 13.2 Å². The highest BCUT2D eigenvalue weighted by atomic mass is 19.1. The average Bonchev–Trinajstić information content (AvgIpc) is 2.63. The van der Waals surface area contributed by atoms with Gasteiger partial charge in [0.1, 0.15) is 11.6 Å². The smallest absolute Gasteiger partial charge is 0.131 e. The molecular weight excluding hydrogens is 351 g/mol. The van der Waals surface area contributed by atoms with Crippen LogP contribution in [-0.2, 0) is 11.3 Å². The van der Waals surface area contributed by atoms with Gasteiger partial charge >= 0.3 is 0 Å². The second-order valence-electron chi connectivity index (χ2n) is 6.82. The van der Waals surface area contributed by atoms with E-state index in [1.165, 1.54) is 23.8 Å². The molecule has 0 saturated carbocycles. The molecule has 2 rings (SSSR count). The van der Waals surface area contributed by atoms with Gasteiger partial charge in [-0.25, -0.2) is 8.78 Å². The molecule has 0 amide bonds. The maximum Gasteiger partial charge on any atom is 0.131 e. The molecule has 0 aliphatic rings. The third kappa shape index (κ3) is 6.36. The SMILES string of the molecule is Cc1cccc(C)c1C(CNCCCCF)COCc1c(F)cccc1F. The van der Waals surface area contributed by atoms with E-state index in [0.29, 0.717) is 19.6 Å². The van der Waals surface area contributed by atoms with Crippen LogP contribution < -0.4 is 5.32 Å². The molecule has 27 heavy (non-hydrogen) atoms. The first-order chi connectivity index (χ1) is 13.0. The number of nitrogens with one attached hydrogen (secondary N) is 1. The van der Waals surface area contributed by atoms with Crippen LogP contribution in [0, 0.1) is 25.5 Å². The molecule has 0 saturated heterocycles. The summed E-state index contributed by atoms with van der Waals surface area (Å²) < 4.78 is 45.5. The van der Waals surface area contributed by atoms with E-state index < -0.39 is 11.6 Å². The summed E-state index contributed by atoms with van der Waals surface area (Å²) in [6, 6.07) is 9.92. The zero-order valence-electron chi connectivity index (χ0n) is 16.0. The van der Waals surface area contributed by atoms with E-state index in [1.54, 1.807) is 0 Å². The zero-order chi connectivity index (χ0) is 19.6. The molecule has 5 heteroatoms. The molecule has 1 atom stereocenters. The standard InChI is InChI=1S/C22H28F3NO/c1-16-7-5-8-17(2)22(16)18(13-26-12-4-3-11-23)14-27-15-19-20(24)9-6-10-21(19)25/h5-10,18,26H,3-4,11-15H2,1-2H3. The van der Waals surface area contributed by atoms with Crippen molar-refractivity contribution in [2.75, 3.05) is 26.4 Å². The van der Waals surface area contributed by atoms with Crippen LogP contribution in [0.5, 0.6) is 0 Å². The Hall–Kier alpha value is -1.85. The fourth-order valence-corrected chi connectivity index (χ4v) is 3.31. The maximum atomic E-state index is 13.8. The van der Waals surface area contributed by atoms with Gasteiger partial charge in [-0.1, -0.05) is 24.3 Å². The number of alkyl halides is 1. The minimum Gasteiger partial charge on any atom is -0.376 e. The molecule has 1 unspecified atom stereocenters. The first-order valence-corrected chi connectivity index (χ1v) is 9.38. The Labute approximate surface area is 159 Å². The topological polar surface area (TPSA) is 21.3 Å². The minimum atomic E-state index is -0.594. The Morgan fingerprint density at radius 3 is 2.22 bits per heavy atom. The molecule has 1 N–H and O–H groups in total. The predicted octanol–water partition coefficient (Wildman–Crippen LogP) is 5.22. The van der Waals surface area contributed by atoms with Gasteiger partial charge in [-0.05, 0) is 62.1 Å². The van der Waals surface area contributed by atoms with Crippen LogP contribution in [-0.4, -0.2) is 26.4 Å². The summed E-state index contributed by atoms with van der Waals surface area (Å²) in [4.78, 5) is 0. The van der Waals surface area contributed by atoms with Crippen LogP contribution in [0.15, 0.2) is 36.4 Å². The van der Waals surface area contributed by atoms with Crippen LogP contribution in [0.1, 0.15) is 41.0 Å². The molecule has 2 nitrogen and oxygen atoms in total. The number of hydrogen-bond donors (Lipinski definition) is 1. The summed E-state index contributed by atoms with van der Waals surface area (Å²) in [7, 11) is 0. The normalized spacial score (nSPS) is 12.3. The Kier molecular flexibility index (Phi) is 8.82. The van der Waals surface area contributed by atoms with Gasteiger partial charge in [0.2, 0.25) is 0 Å². The number of benzene rings is 2. The second kappa shape index (κ2) is 11.1. The van der Waals surface area contributed by atoms with Crippen LogP contribution in [0.25, 0.3) is 0 Å². The lowest BCUT2D eigenvalue weighted by Gasteiger charge is -2.22. The molecule has 0 aliphatic heterocycles. The predicted molar refractivity (Wildman–Crippen MR) is 103 cm³/mol. The number of ether oxygens (including phenoxy) is 1. The highest BCUT2D eigenvalue weighted by molar-refractivity contribution is 5.37. The van der Waals surface area contributed by atoms with E-state index in [9.17, 15) is 13.2 Å². The van der Waals surface area contributed by atoms with E-state index >= 15 is 0 Å². The van der Waals surface area contributed by atoms with Crippen molar-refractivity contribution in [3.8, 4) is 0 Å². The summed E-state index contributed by atoms with van der Waals surface area (Å²) in [6.45, 7) is 5.42. The van der Waals surface area contributed by atoms with E-state index in [2.05, 4.69) is 31.3 Å². The third-order valence-electron chi connectivity index (χ3n) is 4.71. The van der Waals surface area contributed by atoms with Gasteiger partial charge in [0.15, 0.2) is 0 Å². The van der Waals surface area contributed by atoms with Gasteiger partial charge in [-0.3, -0.25) is 4.39 Å². The molecule has 0 heterocycles. The molecule has 0 aromatic heterocycles. The van der Waals surface area contributed by atoms with Crippen molar-refractivity contribution in [1.82, 2.24) is 5.32 Å². The van der Waals surface area contributed by atoms with Crippen molar-refractivity contribution in [2.24, 2.45) is 0 Å². The lowest BCUT2D eigenvalue weighted by molar-refractivity contribution is 0.101. The first kappa shape index (κ1) is 21.5. The quantitative estimate of drug-likeness (QED) is 0.541. The van der Waals surface area contributed by atoms with E-state index in [4.69, 9.17) is 4.74 Å². The largest absolute Gasteiger partial charge is 0.376 e. The lowest BCUT2D eigenvalue weighted by Crippen LogP contribution is -2.27. The molecule has 0 bridgehead atoms. The summed E-state index contributed by atoms with van der Waals surface area (Å²) in [5.74, 6) is -1.14. The van der Waals surface area contributed by atoms with Gasteiger partial charge in [-0.15, -0.1) is 0 Å². The number of aryl methyl sites for hydroxylation is 2. The molecule has 0 spiro atoms. The maximum absolute atomic E-state index is 13.8. The Morgan fingerprint density at radius 1 is 0.963 bits per heavy atom. The van der Waals surface area contributed by atoms with Gasteiger partial charge in [0.25, 0.3) is 0 Å². The first-order valence-electron chi connectivity index (χ1n) is 9.38. The number of halogens is 3. The van der Waals surface area contributed by atoms with Crippen LogP contribution in [0.3, 0.4) is 0 Å². The number of rotatable bonds is 11. The van der Waals surface area contributed by atoms with Crippen LogP contribution >= 0.6 is 0 Å². The van der Waals surface area contributed by atoms with Crippen LogP contribution in [0.2, 0.25) is 0 Å². The molecule has 2 aromatic carbocycles. The Morgan fingerprint density at radius 2 is 1.59 bits per heavy atom. The van der Waals surface area contributed by atoms with Crippen molar-refractivity contribution in [2.45, 2.75) is 39.2 Å². The molecule has 2 aromatic rings. The van der Waals surface area contributed by atoms with Gasteiger partial charge in [0, 0.05) is 18.0 Å². The molecule has 0 radical (unpaired) electrons. The van der Waals surface area contributed by atoms with Crippen molar-refractivity contribution in [1.29, 1.82) is 0 Å². The molecular formula is C22H28F3NO. The van der Waals surface area contributed by atoms with Crippen molar-refractivity contribution in [3.05, 3.63) is 70.3 Å². The number of unbranched alkanes of at least 4 members (excludes halogenated alkanes) is 1. The molecule has 148 valence electrons. The summed E-state index contributed by atoms with van der Waals surface area (Å²) in [5.41, 5.74) is 3.45. The van der Waals surface area contributed by atoms with Gasteiger partial charge < -0.3 is 10.1 Å². The second-order valence-corrected chi connectivity index (χ2v) is 6.82. The van der Waals surface area contributed by atoms with Crippen molar-refractivity contribution in [3.63, 3.8) is 0 Å². The zero-order valence-corrected chi connectivity index (χ0v) is 16.0. The summed E-state index contributed by atoms with van der Waals surface area (Å²) >= 11 is 0. The van der Waals surface area contributed by atoms with Gasteiger partial charge in [-0.2, -0.15) is 0 Å².